The van der Waals surface area contributed by atoms with E-state index >= 15 is 0 Å². The first-order valence-electron chi connectivity index (χ1n) is 11.0. The van der Waals surface area contributed by atoms with E-state index in [1.807, 2.05) is 41.1 Å². The summed E-state index contributed by atoms with van der Waals surface area (Å²) in [5.74, 6) is 1.04. The van der Waals surface area contributed by atoms with Crippen LogP contribution in [-0.4, -0.2) is 38.7 Å². The van der Waals surface area contributed by atoms with Crippen molar-refractivity contribution < 1.29 is 13.2 Å². The van der Waals surface area contributed by atoms with E-state index in [4.69, 9.17) is 0 Å². The van der Waals surface area contributed by atoms with Crippen LogP contribution in [0.15, 0.2) is 92.2 Å². The van der Waals surface area contributed by atoms with Gasteiger partial charge in [0.2, 0.25) is 5.95 Å². The van der Waals surface area contributed by atoms with Crippen LogP contribution < -0.4 is 10.6 Å². The molecule has 37 heavy (non-hydrogen) atoms. The van der Waals surface area contributed by atoms with Crippen molar-refractivity contribution in [2.75, 3.05) is 10.6 Å². The third-order valence-electron chi connectivity index (χ3n) is 5.44. The minimum atomic E-state index is -4.57. The molecule has 2 N–H and O–H groups in total. The number of imidazole rings is 1. The summed E-state index contributed by atoms with van der Waals surface area (Å²) >= 11 is 0. The molecule has 6 aromatic rings. The lowest BCUT2D eigenvalue weighted by molar-refractivity contribution is -0.137. The zero-order valence-corrected chi connectivity index (χ0v) is 18.9. The van der Waals surface area contributed by atoms with Gasteiger partial charge in [0.1, 0.15) is 29.9 Å². The summed E-state index contributed by atoms with van der Waals surface area (Å²) in [6.45, 7) is 0. The van der Waals surface area contributed by atoms with Gasteiger partial charge in [0.15, 0.2) is 0 Å². The molecule has 10 nitrogen and oxygen atoms in total. The summed E-state index contributed by atoms with van der Waals surface area (Å²) in [5, 5.41) is 10.1. The molecule has 6 rings (SSSR count). The highest BCUT2D eigenvalue weighted by Crippen LogP contribution is 2.33. The Balaban J connectivity index is 1.39. The molecule has 0 aliphatic carbocycles. The van der Waals surface area contributed by atoms with Crippen LogP contribution in [0.1, 0.15) is 5.56 Å². The van der Waals surface area contributed by atoms with Gasteiger partial charge in [-0.15, -0.1) is 0 Å². The third kappa shape index (κ3) is 4.69. The smallest absolute Gasteiger partial charge is 0.340 e. The van der Waals surface area contributed by atoms with Crippen LogP contribution in [-0.2, 0) is 6.18 Å². The fourth-order valence-electron chi connectivity index (χ4n) is 3.76. The van der Waals surface area contributed by atoms with Crippen molar-refractivity contribution >= 4 is 28.8 Å². The van der Waals surface area contributed by atoms with E-state index < -0.39 is 11.7 Å². The fourth-order valence-corrected chi connectivity index (χ4v) is 3.76. The maximum Gasteiger partial charge on any atom is 0.416 e. The number of hydrogen-bond acceptors (Lipinski definition) is 7. The summed E-state index contributed by atoms with van der Waals surface area (Å²) in [4.78, 5) is 17.1. The fraction of sp³-hybridized carbons (Fsp3) is 0.0417. The van der Waals surface area contributed by atoms with Crippen LogP contribution in [0.2, 0.25) is 0 Å². The number of aromatic nitrogens is 8. The van der Waals surface area contributed by atoms with Gasteiger partial charge in [0.25, 0.3) is 0 Å². The number of anilines is 4. The maximum atomic E-state index is 13.6. The van der Waals surface area contributed by atoms with Crippen LogP contribution in [0.4, 0.5) is 36.3 Å². The molecule has 5 heterocycles. The number of halogens is 3. The number of rotatable bonds is 6. The highest BCUT2D eigenvalue weighted by atomic mass is 19.4. The monoisotopic (exact) mass is 502 g/mol. The van der Waals surface area contributed by atoms with E-state index in [1.54, 1.807) is 29.2 Å². The van der Waals surface area contributed by atoms with Crippen molar-refractivity contribution in [2.24, 2.45) is 0 Å². The Morgan fingerprint density at radius 3 is 2.49 bits per heavy atom. The Kier molecular flexibility index (Phi) is 5.29. The molecule has 0 aliphatic heterocycles. The van der Waals surface area contributed by atoms with Crippen molar-refractivity contribution in [3.05, 3.63) is 97.7 Å². The van der Waals surface area contributed by atoms with Crippen LogP contribution in [0.5, 0.6) is 0 Å². The van der Waals surface area contributed by atoms with Crippen molar-refractivity contribution in [2.45, 2.75) is 6.18 Å². The molecule has 0 saturated heterocycles. The number of nitrogens with one attached hydrogen (secondary N) is 2. The number of pyridine rings is 1. The zero-order valence-electron chi connectivity index (χ0n) is 18.9. The molecule has 13 heteroatoms. The molecule has 0 unspecified atom stereocenters. The SMILES string of the molecule is FC(F)(F)c1cc(Nc2nc(Nc3ccn4ccnc4c3)cc(-n3cccc3)n2)cc(-n2cncn2)c1. The first kappa shape index (κ1) is 22.3. The molecule has 0 spiro atoms. The van der Waals surface area contributed by atoms with Crippen molar-refractivity contribution in [1.82, 2.24) is 38.7 Å². The largest absolute Gasteiger partial charge is 0.416 e. The van der Waals surface area contributed by atoms with Gasteiger partial charge in [-0.3, -0.25) is 0 Å². The number of hydrogen-bond donors (Lipinski definition) is 2. The molecular formula is C24H17F3N10. The highest BCUT2D eigenvalue weighted by Gasteiger charge is 2.31. The standard InChI is InChI=1S/C24H17F3N10/c25-24(26,27)16-9-18(11-19(10-16)37-15-28-14-30-37)32-23-33-20(13-22(34-23)35-5-1-2-6-35)31-17-3-7-36-8-4-29-21(36)12-17/h1-15H,(H2,31,32,33,34). The van der Waals surface area contributed by atoms with Gasteiger partial charge in [-0.05, 0) is 36.4 Å². The van der Waals surface area contributed by atoms with E-state index in [0.29, 0.717) is 11.6 Å². The van der Waals surface area contributed by atoms with E-state index in [1.165, 1.54) is 23.4 Å². The quantitative estimate of drug-likeness (QED) is 0.330. The van der Waals surface area contributed by atoms with Gasteiger partial charge < -0.3 is 19.6 Å². The van der Waals surface area contributed by atoms with Crippen LogP contribution in [0.25, 0.3) is 17.2 Å². The Morgan fingerprint density at radius 1 is 0.838 bits per heavy atom. The third-order valence-corrected chi connectivity index (χ3v) is 5.44. The van der Waals surface area contributed by atoms with Crippen molar-refractivity contribution in [3.8, 4) is 11.5 Å². The molecule has 0 bridgehead atoms. The molecule has 0 aliphatic rings. The van der Waals surface area contributed by atoms with Crippen LogP contribution >= 0.6 is 0 Å². The lowest BCUT2D eigenvalue weighted by Crippen LogP contribution is -2.09. The second kappa shape index (κ2) is 8.78. The molecule has 5 aromatic heterocycles. The molecular weight excluding hydrogens is 485 g/mol. The summed E-state index contributed by atoms with van der Waals surface area (Å²) in [7, 11) is 0. The lowest BCUT2D eigenvalue weighted by Gasteiger charge is -2.15. The van der Waals surface area contributed by atoms with Gasteiger partial charge >= 0.3 is 6.18 Å². The average Bonchev–Trinajstić information content (AvgIpc) is 3.66. The lowest BCUT2D eigenvalue weighted by atomic mass is 10.1. The second-order valence-corrected chi connectivity index (χ2v) is 7.99. The van der Waals surface area contributed by atoms with Crippen molar-refractivity contribution in [1.29, 1.82) is 0 Å². The minimum absolute atomic E-state index is 0.0967. The van der Waals surface area contributed by atoms with Gasteiger partial charge in [0, 0.05) is 54.5 Å². The summed E-state index contributed by atoms with van der Waals surface area (Å²) in [6.07, 6.45) is 6.98. The minimum Gasteiger partial charge on any atom is -0.340 e. The maximum absolute atomic E-state index is 13.6. The summed E-state index contributed by atoms with van der Waals surface area (Å²) in [5.41, 5.74) is 0.940. The predicted molar refractivity (Wildman–Crippen MR) is 129 cm³/mol. The number of nitrogens with zero attached hydrogens (tertiary/aromatic N) is 8. The van der Waals surface area contributed by atoms with Crippen LogP contribution in [0.3, 0.4) is 0 Å². The molecule has 1 aromatic carbocycles. The predicted octanol–water partition coefficient (Wildman–Crippen LogP) is 5.00. The first-order chi connectivity index (χ1) is 17.9. The van der Waals surface area contributed by atoms with E-state index in [9.17, 15) is 13.2 Å². The summed E-state index contributed by atoms with van der Waals surface area (Å²) < 4.78 is 45.8. The first-order valence-corrected chi connectivity index (χ1v) is 11.0. The normalized spacial score (nSPS) is 11.6. The average molecular weight is 502 g/mol. The highest BCUT2D eigenvalue weighted by molar-refractivity contribution is 5.65. The Morgan fingerprint density at radius 2 is 1.70 bits per heavy atom. The van der Waals surface area contributed by atoms with Crippen molar-refractivity contribution in [3.63, 3.8) is 0 Å². The van der Waals surface area contributed by atoms with Gasteiger partial charge in [0.05, 0.1) is 11.3 Å². The molecule has 0 saturated carbocycles. The van der Waals surface area contributed by atoms with Gasteiger partial charge in [-0.1, -0.05) is 0 Å². The molecule has 0 fully saturated rings. The number of fused-ring (bicyclic) bond motifs is 1. The van der Waals surface area contributed by atoms with Crippen LogP contribution in [0, 0.1) is 0 Å². The number of benzene rings is 1. The Labute approximate surface area is 207 Å². The summed E-state index contributed by atoms with van der Waals surface area (Å²) in [6, 6.07) is 12.6. The zero-order chi connectivity index (χ0) is 25.4. The van der Waals surface area contributed by atoms with E-state index in [0.717, 1.165) is 23.5 Å². The second-order valence-electron chi connectivity index (χ2n) is 7.99. The number of alkyl halides is 3. The van der Waals surface area contributed by atoms with E-state index in [2.05, 4.69) is 35.7 Å². The molecule has 184 valence electrons. The molecule has 0 radical (unpaired) electrons. The Bertz CT molecular complexity index is 1670. The van der Waals surface area contributed by atoms with E-state index in [-0.39, 0.29) is 17.3 Å². The Hall–Kier alpha value is -5.20. The van der Waals surface area contributed by atoms with Gasteiger partial charge in [-0.2, -0.15) is 28.2 Å². The topological polar surface area (TPSA) is 103 Å². The molecule has 0 amide bonds. The molecule has 0 atom stereocenters. The van der Waals surface area contributed by atoms with Gasteiger partial charge in [-0.25, -0.2) is 14.6 Å².